The number of amides is 2. The molecular weight excluding hydrogens is 328 g/mol. The number of likely N-dealkylation sites (N-methyl/N-ethyl adjacent to an activating group) is 1. The topological polar surface area (TPSA) is 58.6 Å². The summed E-state index contributed by atoms with van der Waals surface area (Å²) in [5, 5.41) is 3.11. The predicted octanol–water partition coefficient (Wildman–Crippen LogP) is 3.16. The van der Waals surface area contributed by atoms with Crippen LogP contribution >= 0.6 is 0 Å². The first-order valence-corrected chi connectivity index (χ1v) is 9.73. The second-order valence-corrected chi connectivity index (χ2v) is 8.55. The van der Waals surface area contributed by atoms with Crippen LogP contribution in [0.1, 0.15) is 32.1 Å². The molecule has 0 saturated heterocycles. The van der Waals surface area contributed by atoms with E-state index in [9.17, 15) is 9.59 Å². The van der Waals surface area contributed by atoms with Gasteiger partial charge in [0.15, 0.2) is 6.61 Å². The zero-order valence-electron chi connectivity index (χ0n) is 15.6. The molecule has 5 heteroatoms. The SMILES string of the molecule is CN(C)C(=O)COc1ccc(NC(=O)C2C3CC4CC(C3)CC2C4)cc1. The molecule has 2 amide bonds. The summed E-state index contributed by atoms with van der Waals surface area (Å²) in [4.78, 5) is 26.0. The lowest BCUT2D eigenvalue weighted by atomic mass is 9.51. The van der Waals surface area contributed by atoms with Crippen molar-refractivity contribution in [2.45, 2.75) is 32.1 Å². The minimum Gasteiger partial charge on any atom is -0.484 e. The van der Waals surface area contributed by atoms with Gasteiger partial charge in [0.2, 0.25) is 5.91 Å². The van der Waals surface area contributed by atoms with Gasteiger partial charge in [0.25, 0.3) is 5.91 Å². The molecule has 0 heterocycles. The maximum atomic E-state index is 12.9. The van der Waals surface area contributed by atoms with Crippen molar-refractivity contribution >= 4 is 17.5 Å². The van der Waals surface area contributed by atoms with Crippen LogP contribution in [0.4, 0.5) is 5.69 Å². The van der Waals surface area contributed by atoms with Gasteiger partial charge in [-0.25, -0.2) is 0 Å². The number of nitrogens with one attached hydrogen (secondary N) is 1. The van der Waals surface area contributed by atoms with E-state index >= 15 is 0 Å². The van der Waals surface area contributed by atoms with Crippen molar-refractivity contribution in [3.63, 3.8) is 0 Å². The lowest BCUT2D eigenvalue weighted by Gasteiger charge is -2.53. The van der Waals surface area contributed by atoms with Gasteiger partial charge >= 0.3 is 0 Å². The van der Waals surface area contributed by atoms with Gasteiger partial charge in [0.1, 0.15) is 5.75 Å². The average molecular weight is 356 g/mol. The highest BCUT2D eigenvalue weighted by Crippen LogP contribution is 2.56. The summed E-state index contributed by atoms with van der Waals surface area (Å²) < 4.78 is 5.48. The molecule has 140 valence electrons. The van der Waals surface area contributed by atoms with E-state index in [2.05, 4.69) is 5.32 Å². The fourth-order valence-corrected chi connectivity index (χ4v) is 5.49. The number of anilines is 1. The van der Waals surface area contributed by atoms with E-state index in [0.29, 0.717) is 17.6 Å². The molecule has 0 spiro atoms. The normalized spacial score (nSPS) is 31.5. The van der Waals surface area contributed by atoms with Gasteiger partial charge < -0.3 is 15.0 Å². The van der Waals surface area contributed by atoms with Gasteiger partial charge in [-0.1, -0.05) is 0 Å². The van der Waals surface area contributed by atoms with Crippen LogP contribution in [0.3, 0.4) is 0 Å². The third kappa shape index (κ3) is 3.44. The van der Waals surface area contributed by atoms with E-state index in [-0.39, 0.29) is 24.3 Å². The minimum absolute atomic E-state index is 0.0203. The molecule has 5 rings (SSSR count). The summed E-state index contributed by atoms with van der Waals surface area (Å²) in [7, 11) is 3.41. The number of ether oxygens (including phenoxy) is 1. The standard InChI is InChI=1S/C21H28N2O3/c1-23(2)19(24)12-26-18-5-3-17(4-6-18)22-21(25)20-15-8-13-7-14(10-15)11-16(20)9-13/h3-6,13-16,20H,7-12H2,1-2H3,(H,22,25). The highest BCUT2D eigenvalue weighted by Gasteiger charge is 2.50. The van der Waals surface area contributed by atoms with Crippen molar-refractivity contribution in [1.29, 1.82) is 0 Å². The van der Waals surface area contributed by atoms with Gasteiger partial charge in [-0.3, -0.25) is 9.59 Å². The molecular formula is C21H28N2O3. The van der Waals surface area contributed by atoms with E-state index in [0.717, 1.165) is 17.5 Å². The second kappa shape index (κ2) is 6.93. The summed E-state index contributed by atoms with van der Waals surface area (Å²) in [6.07, 6.45) is 6.39. The maximum absolute atomic E-state index is 12.9. The first-order valence-electron chi connectivity index (χ1n) is 9.73. The Morgan fingerprint density at radius 1 is 1.00 bits per heavy atom. The Bertz CT molecular complexity index is 655. The van der Waals surface area contributed by atoms with Crippen LogP contribution in [0.25, 0.3) is 0 Å². The van der Waals surface area contributed by atoms with Crippen molar-refractivity contribution in [3.8, 4) is 5.75 Å². The molecule has 4 aliphatic carbocycles. The molecule has 4 saturated carbocycles. The molecule has 0 aromatic heterocycles. The van der Waals surface area contributed by atoms with Crippen LogP contribution in [0.15, 0.2) is 24.3 Å². The summed E-state index contributed by atoms with van der Waals surface area (Å²) in [6, 6.07) is 7.30. The van der Waals surface area contributed by atoms with Gasteiger partial charge in [0.05, 0.1) is 0 Å². The van der Waals surface area contributed by atoms with E-state index in [1.807, 2.05) is 12.1 Å². The number of benzene rings is 1. The van der Waals surface area contributed by atoms with Crippen LogP contribution in [0.5, 0.6) is 5.75 Å². The van der Waals surface area contributed by atoms with Crippen LogP contribution < -0.4 is 10.1 Å². The fourth-order valence-electron chi connectivity index (χ4n) is 5.49. The number of rotatable bonds is 5. The summed E-state index contributed by atoms with van der Waals surface area (Å²) in [5.41, 5.74) is 0.801. The zero-order valence-corrected chi connectivity index (χ0v) is 15.6. The summed E-state index contributed by atoms with van der Waals surface area (Å²) in [5.74, 6) is 3.87. The smallest absolute Gasteiger partial charge is 0.259 e. The first kappa shape index (κ1) is 17.4. The van der Waals surface area contributed by atoms with Gasteiger partial charge in [-0.05, 0) is 80.0 Å². The Kier molecular flexibility index (Phi) is 4.63. The molecule has 5 nitrogen and oxygen atoms in total. The molecule has 4 aliphatic rings. The summed E-state index contributed by atoms with van der Waals surface area (Å²) in [6.45, 7) is 0.0203. The van der Waals surface area contributed by atoms with Gasteiger partial charge in [-0.15, -0.1) is 0 Å². The Morgan fingerprint density at radius 3 is 2.12 bits per heavy atom. The van der Waals surface area contributed by atoms with Crippen molar-refractivity contribution in [2.75, 3.05) is 26.0 Å². The highest BCUT2D eigenvalue weighted by atomic mass is 16.5. The lowest BCUT2D eigenvalue weighted by molar-refractivity contribution is -0.132. The molecule has 26 heavy (non-hydrogen) atoms. The van der Waals surface area contributed by atoms with Crippen molar-refractivity contribution in [2.24, 2.45) is 29.6 Å². The maximum Gasteiger partial charge on any atom is 0.259 e. The third-order valence-corrected chi connectivity index (χ3v) is 6.51. The highest BCUT2D eigenvalue weighted by molar-refractivity contribution is 5.93. The molecule has 0 aliphatic heterocycles. The Labute approximate surface area is 155 Å². The predicted molar refractivity (Wildman–Crippen MR) is 99.8 cm³/mol. The monoisotopic (exact) mass is 356 g/mol. The van der Waals surface area contributed by atoms with Crippen LogP contribution in [-0.4, -0.2) is 37.4 Å². The second-order valence-electron chi connectivity index (χ2n) is 8.55. The lowest BCUT2D eigenvalue weighted by Crippen LogP contribution is -2.49. The van der Waals surface area contributed by atoms with Gasteiger partial charge in [0, 0.05) is 25.7 Å². The molecule has 4 fully saturated rings. The minimum atomic E-state index is -0.0794. The zero-order chi connectivity index (χ0) is 18.3. The molecule has 1 aromatic carbocycles. The molecule has 1 N–H and O–H groups in total. The molecule has 1 aromatic rings. The fraction of sp³-hybridized carbons (Fsp3) is 0.619. The number of nitrogens with zero attached hydrogens (tertiary/aromatic N) is 1. The Morgan fingerprint density at radius 2 is 1.58 bits per heavy atom. The van der Waals surface area contributed by atoms with Crippen LogP contribution in [0.2, 0.25) is 0 Å². The quantitative estimate of drug-likeness (QED) is 0.882. The van der Waals surface area contributed by atoms with Crippen molar-refractivity contribution < 1.29 is 14.3 Å². The average Bonchev–Trinajstić information content (AvgIpc) is 2.59. The summed E-state index contributed by atoms with van der Waals surface area (Å²) >= 11 is 0. The van der Waals surface area contributed by atoms with Crippen LogP contribution in [0, 0.1) is 29.6 Å². The number of hydrogen-bond acceptors (Lipinski definition) is 3. The van der Waals surface area contributed by atoms with Crippen molar-refractivity contribution in [1.82, 2.24) is 4.90 Å². The Hall–Kier alpha value is -2.04. The van der Waals surface area contributed by atoms with E-state index in [1.165, 1.54) is 37.0 Å². The van der Waals surface area contributed by atoms with Crippen molar-refractivity contribution in [3.05, 3.63) is 24.3 Å². The van der Waals surface area contributed by atoms with E-state index < -0.39 is 0 Å². The van der Waals surface area contributed by atoms with E-state index in [1.54, 1.807) is 26.2 Å². The van der Waals surface area contributed by atoms with Crippen LogP contribution in [-0.2, 0) is 9.59 Å². The molecule has 4 bridgehead atoms. The molecule has 0 radical (unpaired) electrons. The molecule has 0 atom stereocenters. The number of carbonyl (C=O) groups is 2. The third-order valence-electron chi connectivity index (χ3n) is 6.51. The number of hydrogen-bond donors (Lipinski definition) is 1. The van der Waals surface area contributed by atoms with Gasteiger partial charge in [-0.2, -0.15) is 0 Å². The molecule has 0 unspecified atom stereocenters. The number of carbonyl (C=O) groups excluding carboxylic acids is 2. The largest absolute Gasteiger partial charge is 0.484 e. The first-order chi connectivity index (χ1) is 12.5. The van der Waals surface area contributed by atoms with E-state index in [4.69, 9.17) is 4.74 Å². The Balaban J connectivity index is 1.34.